The molecule has 7 atom stereocenters. The molecule has 0 saturated heterocycles. The van der Waals surface area contributed by atoms with Gasteiger partial charge in [-0.1, -0.05) is 40.0 Å². The summed E-state index contributed by atoms with van der Waals surface area (Å²) in [6.07, 6.45) is 17.0. The van der Waals surface area contributed by atoms with Crippen LogP contribution in [0.3, 0.4) is 0 Å². The molecule has 0 amide bonds. The number of fused-ring (bicyclic) bond motifs is 5. The maximum absolute atomic E-state index is 2.71. The second-order valence-electron chi connectivity index (χ2n) is 9.63. The third kappa shape index (κ3) is 2.22. The van der Waals surface area contributed by atoms with Crippen molar-refractivity contribution in [3.63, 3.8) is 0 Å². The summed E-state index contributed by atoms with van der Waals surface area (Å²) in [5, 5.41) is 0. The van der Waals surface area contributed by atoms with Crippen molar-refractivity contribution >= 4 is 12.4 Å². The molecule has 0 nitrogen and oxygen atoms in total. The zero-order valence-corrected chi connectivity index (χ0v) is 15.9. The molecular formula is C21H37Cl. The Morgan fingerprint density at radius 2 is 1.55 bits per heavy atom. The summed E-state index contributed by atoms with van der Waals surface area (Å²) in [5.41, 5.74) is 1.45. The van der Waals surface area contributed by atoms with Crippen LogP contribution in [0.25, 0.3) is 0 Å². The van der Waals surface area contributed by atoms with E-state index in [-0.39, 0.29) is 12.4 Å². The van der Waals surface area contributed by atoms with E-state index in [0.717, 1.165) is 35.0 Å². The topological polar surface area (TPSA) is 0 Å². The fraction of sp³-hybridized carbons (Fsp3) is 1.00. The third-order valence-corrected chi connectivity index (χ3v) is 9.27. The van der Waals surface area contributed by atoms with E-state index in [1.807, 2.05) is 0 Å². The van der Waals surface area contributed by atoms with Gasteiger partial charge < -0.3 is 0 Å². The molecule has 0 spiro atoms. The van der Waals surface area contributed by atoms with E-state index in [0.29, 0.717) is 5.41 Å². The van der Waals surface area contributed by atoms with Crippen molar-refractivity contribution < 1.29 is 0 Å². The van der Waals surface area contributed by atoms with Gasteiger partial charge in [0.1, 0.15) is 0 Å². The molecule has 0 radical (unpaired) electrons. The van der Waals surface area contributed by atoms with Crippen molar-refractivity contribution in [2.45, 2.75) is 91.4 Å². The molecule has 0 aromatic carbocycles. The van der Waals surface area contributed by atoms with E-state index in [4.69, 9.17) is 0 Å². The Balaban J connectivity index is 0.00000144. The number of halogens is 1. The summed E-state index contributed by atoms with van der Waals surface area (Å²) < 4.78 is 0. The predicted molar refractivity (Wildman–Crippen MR) is 97.4 cm³/mol. The normalized spacial score (nSPS) is 53.9. The molecule has 4 rings (SSSR count). The van der Waals surface area contributed by atoms with Crippen LogP contribution in [0.1, 0.15) is 91.4 Å². The van der Waals surface area contributed by atoms with Gasteiger partial charge in [0.25, 0.3) is 0 Å². The van der Waals surface area contributed by atoms with Crippen LogP contribution in [0.5, 0.6) is 0 Å². The van der Waals surface area contributed by atoms with Crippen molar-refractivity contribution in [3.05, 3.63) is 0 Å². The highest BCUT2D eigenvalue weighted by molar-refractivity contribution is 5.85. The molecule has 0 bridgehead atoms. The molecule has 0 heterocycles. The zero-order chi connectivity index (χ0) is 14.7. The summed E-state index contributed by atoms with van der Waals surface area (Å²) in [5.74, 6) is 5.39. The standard InChI is InChI=1S/C21H36.ClH/c1-4-15-9-11-18-17-10-8-16-7-5-6-13-20(16,2)19(17)12-14-21(15,18)3;/h15-19H,4-14H2,1-3H3;1H/t15-,16?,17-,18-,19-,20-,21+;/m0./s1. The molecule has 4 aliphatic rings. The largest absolute Gasteiger partial charge is 0.147 e. The summed E-state index contributed by atoms with van der Waals surface area (Å²) >= 11 is 0. The third-order valence-electron chi connectivity index (χ3n) is 9.27. The van der Waals surface area contributed by atoms with Gasteiger partial charge in [-0.3, -0.25) is 0 Å². The first-order chi connectivity index (χ1) is 10.1. The summed E-state index contributed by atoms with van der Waals surface area (Å²) in [4.78, 5) is 0. The lowest BCUT2D eigenvalue weighted by atomic mass is 9.45. The molecule has 0 aromatic rings. The van der Waals surface area contributed by atoms with E-state index in [1.54, 1.807) is 51.4 Å². The van der Waals surface area contributed by atoms with Crippen molar-refractivity contribution in [1.29, 1.82) is 0 Å². The SMILES string of the molecule is CC[C@H]1CC[C@H]2[C@@H]3CCC4CCCC[C@]4(C)[C@H]3CC[C@]12C.Cl. The Bertz CT molecular complexity index is 405. The van der Waals surface area contributed by atoms with Crippen LogP contribution >= 0.6 is 12.4 Å². The quantitative estimate of drug-likeness (QED) is 0.493. The Hall–Kier alpha value is 0.290. The highest BCUT2D eigenvalue weighted by Crippen LogP contribution is 2.67. The molecule has 1 heteroatoms. The van der Waals surface area contributed by atoms with Gasteiger partial charge in [-0.25, -0.2) is 0 Å². The second-order valence-corrected chi connectivity index (χ2v) is 9.63. The minimum atomic E-state index is 0. The van der Waals surface area contributed by atoms with Crippen LogP contribution in [0.4, 0.5) is 0 Å². The Morgan fingerprint density at radius 3 is 2.32 bits per heavy atom. The van der Waals surface area contributed by atoms with Crippen LogP contribution in [0, 0.1) is 40.4 Å². The average molecular weight is 325 g/mol. The van der Waals surface area contributed by atoms with Crippen molar-refractivity contribution in [3.8, 4) is 0 Å². The second kappa shape index (κ2) is 5.98. The van der Waals surface area contributed by atoms with Gasteiger partial charge in [0.15, 0.2) is 0 Å². The summed E-state index contributed by atoms with van der Waals surface area (Å²) in [6, 6.07) is 0. The van der Waals surface area contributed by atoms with Crippen molar-refractivity contribution in [2.75, 3.05) is 0 Å². The van der Waals surface area contributed by atoms with Crippen LogP contribution in [-0.2, 0) is 0 Å². The number of hydrogen-bond acceptors (Lipinski definition) is 0. The van der Waals surface area contributed by atoms with Gasteiger partial charge in [-0.15, -0.1) is 12.4 Å². The highest BCUT2D eigenvalue weighted by atomic mass is 35.5. The fourth-order valence-corrected chi connectivity index (χ4v) is 8.07. The zero-order valence-electron chi connectivity index (χ0n) is 15.1. The number of rotatable bonds is 1. The van der Waals surface area contributed by atoms with Gasteiger partial charge >= 0.3 is 0 Å². The number of hydrogen-bond donors (Lipinski definition) is 0. The van der Waals surface area contributed by atoms with Crippen LogP contribution in [0.2, 0.25) is 0 Å². The maximum Gasteiger partial charge on any atom is -0.0266 e. The van der Waals surface area contributed by atoms with Crippen molar-refractivity contribution in [2.24, 2.45) is 40.4 Å². The minimum absolute atomic E-state index is 0. The Labute approximate surface area is 144 Å². The molecule has 0 N–H and O–H groups in total. The molecule has 128 valence electrons. The van der Waals surface area contributed by atoms with E-state index < -0.39 is 0 Å². The lowest BCUT2D eigenvalue weighted by Crippen LogP contribution is -2.52. The molecule has 1 unspecified atom stereocenters. The molecule has 4 fully saturated rings. The first-order valence-electron chi connectivity index (χ1n) is 10.1. The molecule has 4 saturated carbocycles. The Morgan fingerprint density at radius 1 is 0.773 bits per heavy atom. The molecule has 22 heavy (non-hydrogen) atoms. The lowest BCUT2D eigenvalue weighted by molar-refractivity contribution is -0.110. The van der Waals surface area contributed by atoms with E-state index in [1.165, 1.54) is 19.3 Å². The van der Waals surface area contributed by atoms with Crippen LogP contribution < -0.4 is 0 Å². The van der Waals surface area contributed by atoms with Gasteiger partial charge in [0, 0.05) is 0 Å². The minimum Gasteiger partial charge on any atom is -0.147 e. The van der Waals surface area contributed by atoms with Gasteiger partial charge in [-0.2, -0.15) is 0 Å². The summed E-state index contributed by atoms with van der Waals surface area (Å²) in [6.45, 7) is 7.84. The Kier molecular flexibility index (Phi) is 4.65. The monoisotopic (exact) mass is 324 g/mol. The maximum atomic E-state index is 2.71. The molecule has 4 aliphatic carbocycles. The van der Waals surface area contributed by atoms with Gasteiger partial charge in [-0.05, 0) is 91.8 Å². The molecule has 0 aromatic heterocycles. The van der Waals surface area contributed by atoms with Crippen LogP contribution in [0.15, 0.2) is 0 Å². The van der Waals surface area contributed by atoms with Gasteiger partial charge in [0.2, 0.25) is 0 Å². The first-order valence-corrected chi connectivity index (χ1v) is 10.1. The average Bonchev–Trinajstić information content (AvgIpc) is 2.83. The lowest BCUT2D eigenvalue weighted by Gasteiger charge is -2.60. The van der Waals surface area contributed by atoms with Gasteiger partial charge in [0.05, 0.1) is 0 Å². The van der Waals surface area contributed by atoms with Crippen molar-refractivity contribution in [1.82, 2.24) is 0 Å². The first kappa shape index (κ1) is 17.1. The summed E-state index contributed by atoms with van der Waals surface area (Å²) in [7, 11) is 0. The van der Waals surface area contributed by atoms with E-state index in [2.05, 4.69) is 20.8 Å². The van der Waals surface area contributed by atoms with Crippen LogP contribution in [-0.4, -0.2) is 0 Å². The van der Waals surface area contributed by atoms with E-state index >= 15 is 0 Å². The molecule has 0 aliphatic heterocycles. The smallest absolute Gasteiger partial charge is 0.0266 e. The highest BCUT2D eigenvalue weighted by Gasteiger charge is 2.59. The molecular weight excluding hydrogens is 288 g/mol. The fourth-order valence-electron chi connectivity index (χ4n) is 8.07. The predicted octanol–water partition coefficient (Wildman–Crippen LogP) is 6.87. The van der Waals surface area contributed by atoms with E-state index in [9.17, 15) is 0 Å².